The highest BCUT2D eigenvalue weighted by Gasteiger charge is 2.43. The summed E-state index contributed by atoms with van der Waals surface area (Å²) >= 11 is 1.80. The molecule has 0 unspecified atom stereocenters. The maximum atomic E-state index is 9.95. The molecule has 2 aromatic rings. The SMILES string of the molecule is N#CC1(c2ccccc2)CCN(c2nc3c(c(NC4(CO)CC4)n2)SCC3)CC1. The number of nitrogens with one attached hydrogen (secondary N) is 1. The second-order valence-electron chi connectivity index (χ2n) is 8.36. The van der Waals surface area contributed by atoms with E-state index in [1.807, 2.05) is 18.2 Å². The molecule has 1 saturated carbocycles. The van der Waals surface area contributed by atoms with E-state index >= 15 is 0 Å². The van der Waals surface area contributed by atoms with E-state index in [-0.39, 0.29) is 12.1 Å². The van der Waals surface area contributed by atoms with Gasteiger partial charge in [0.15, 0.2) is 0 Å². The van der Waals surface area contributed by atoms with Crippen LogP contribution in [0.15, 0.2) is 35.2 Å². The maximum absolute atomic E-state index is 9.95. The highest BCUT2D eigenvalue weighted by atomic mass is 32.2. The summed E-state index contributed by atoms with van der Waals surface area (Å²) in [5.74, 6) is 2.65. The Morgan fingerprint density at radius 3 is 2.55 bits per heavy atom. The monoisotopic (exact) mass is 407 g/mol. The Balaban J connectivity index is 1.39. The van der Waals surface area contributed by atoms with Gasteiger partial charge in [-0.2, -0.15) is 10.2 Å². The molecule has 1 aromatic carbocycles. The van der Waals surface area contributed by atoms with Crippen molar-refractivity contribution >= 4 is 23.5 Å². The highest BCUT2D eigenvalue weighted by molar-refractivity contribution is 7.99. The van der Waals surface area contributed by atoms with Crippen LogP contribution in [-0.2, 0) is 11.8 Å². The van der Waals surface area contributed by atoms with Gasteiger partial charge >= 0.3 is 0 Å². The molecule has 0 amide bonds. The van der Waals surface area contributed by atoms with E-state index in [9.17, 15) is 10.4 Å². The minimum atomic E-state index is -0.430. The van der Waals surface area contributed by atoms with Crippen molar-refractivity contribution in [3.05, 3.63) is 41.6 Å². The number of benzene rings is 1. The largest absolute Gasteiger partial charge is 0.394 e. The predicted molar refractivity (Wildman–Crippen MR) is 114 cm³/mol. The lowest BCUT2D eigenvalue weighted by atomic mass is 9.74. The van der Waals surface area contributed by atoms with Gasteiger partial charge in [-0.05, 0) is 31.2 Å². The third-order valence-electron chi connectivity index (χ3n) is 6.49. The standard InChI is InChI=1S/C22H25N5OS/c23-14-21(16-4-2-1-3-5-16)9-11-27(12-10-21)20-24-17-6-13-29-18(17)19(25-20)26-22(15-28)7-8-22/h1-5,28H,6-13,15H2,(H,24,25,26). The van der Waals surface area contributed by atoms with Gasteiger partial charge in [0.05, 0.1) is 34.2 Å². The second-order valence-corrected chi connectivity index (χ2v) is 9.46. The van der Waals surface area contributed by atoms with Crippen LogP contribution in [0.4, 0.5) is 11.8 Å². The van der Waals surface area contributed by atoms with E-state index in [1.54, 1.807) is 11.8 Å². The van der Waals surface area contributed by atoms with Gasteiger partial charge in [0.2, 0.25) is 5.95 Å². The van der Waals surface area contributed by atoms with Gasteiger partial charge < -0.3 is 15.3 Å². The van der Waals surface area contributed by atoms with E-state index in [0.717, 1.165) is 78.9 Å². The summed E-state index contributed by atoms with van der Waals surface area (Å²) < 4.78 is 0. The van der Waals surface area contributed by atoms with Crippen LogP contribution in [0.2, 0.25) is 0 Å². The summed E-state index contributed by atoms with van der Waals surface area (Å²) in [6.45, 7) is 1.66. The van der Waals surface area contributed by atoms with Gasteiger partial charge in [0.1, 0.15) is 5.82 Å². The molecule has 0 spiro atoms. The van der Waals surface area contributed by atoms with Crippen molar-refractivity contribution < 1.29 is 5.11 Å². The summed E-state index contributed by atoms with van der Waals surface area (Å²) in [4.78, 5) is 13.1. The first-order valence-electron chi connectivity index (χ1n) is 10.3. The Kier molecular flexibility index (Phi) is 4.64. The molecule has 1 aliphatic carbocycles. The molecule has 1 saturated heterocycles. The number of thioether (sulfide) groups is 1. The Morgan fingerprint density at radius 1 is 1.14 bits per heavy atom. The number of aliphatic hydroxyl groups excluding tert-OH is 1. The second kappa shape index (κ2) is 7.19. The molecular weight excluding hydrogens is 382 g/mol. The van der Waals surface area contributed by atoms with E-state index in [4.69, 9.17) is 9.97 Å². The fraction of sp³-hybridized carbons (Fsp3) is 0.500. The molecule has 2 fully saturated rings. The number of hydrogen-bond acceptors (Lipinski definition) is 7. The Morgan fingerprint density at radius 2 is 1.90 bits per heavy atom. The summed E-state index contributed by atoms with van der Waals surface area (Å²) in [6.07, 6.45) is 4.45. The van der Waals surface area contributed by atoms with Crippen LogP contribution >= 0.6 is 11.8 Å². The minimum Gasteiger partial charge on any atom is -0.394 e. The minimum absolute atomic E-state index is 0.136. The number of aryl methyl sites for hydroxylation is 1. The topological polar surface area (TPSA) is 85.1 Å². The van der Waals surface area contributed by atoms with Gasteiger partial charge in [0, 0.05) is 25.3 Å². The van der Waals surface area contributed by atoms with E-state index < -0.39 is 5.41 Å². The van der Waals surface area contributed by atoms with Gasteiger partial charge in [-0.3, -0.25) is 0 Å². The number of nitrogens with zero attached hydrogens (tertiary/aromatic N) is 4. The third-order valence-corrected chi connectivity index (χ3v) is 7.62. The molecule has 7 heteroatoms. The van der Waals surface area contributed by atoms with Gasteiger partial charge in [-0.1, -0.05) is 30.3 Å². The summed E-state index contributed by atoms with van der Waals surface area (Å²) in [7, 11) is 0. The summed E-state index contributed by atoms with van der Waals surface area (Å²) in [5, 5.41) is 23.2. The van der Waals surface area contributed by atoms with E-state index in [2.05, 4.69) is 28.4 Å². The van der Waals surface area contributed by atoms with Gasteiger partial charge in [0.25, 0.3) is 0 Å². The molecule has 3 heterocycles. The molecule has 2 aliphatic heterocycles. The number of aliphatic hydroxyl groups is 1. The zero-order chi connectivity index (χ0) is 19.9. The van der Waals surface area contributed by atoms with Crippen LogP contribution in [0.5, 0.6) is 0 Å². The van der Waals surface area contributed by atoms with Crippen molar-refractivity contribution in [2.75, 3.05) is 35.7 Å². The number of piperidine rings is 1. The summed E-state index contributed by atoms with van der Waals surface area (Å²) in [5.41, 5.74) is 1.58. The average Bonchev–Trinajstić information content (AvgIpc) is 3.39. The molecule has 3 aliphatic rings. The maximum Gasteiger partial charge on any atom is 0.227 e. The molecule has 2 N–H and O–H groups in total. The molecule has 1 aromatic heterocycles. The fourth-order valence-electron chi connectivity index (χ4n) is 4.32. The number of rotatable bonds is 5. The van der Waals surface area contributed by atoms with Crippen LogP contribution in [0, 0.1) is 11.3 Å². The van der Waals surface area contributed by atoms with Gasteiger partial charge in [-0.25, -0.2) is 4.98 Å². The Hall–Kier alpha value is -2.30. The van der Waals surface area contributed by atoms with Crippen LogP contribution in [0.3, 0.4) is 0 Å². The first kappa shape index (κ1) is 18.7. The van der Waals surface area contributed by atoms with Crippen molar-refractivity contribution in [2.45, 2.75) is 48.0 Å². The lowest BCUT2D eigenvalue weighted by Gasteiger charge is -2.38. The lowest BCUT2D eigenvalue weighted by molar-refractivity contribution is 0.265. The van der Waals surface area contributed by atoms with E-state index in [1.165, 1.54) is 0 Å². The molecule has 6 nitrogen and oxygen atoms in total. The fourth-order valence-corrected chi connectivity index (χ4v) is 5.36. The van der Waals surface area contributed by atoms with Crippen molar-refractivity contribution in [3.63, 3.8) is 0 Å². The molecular formula is C22H25N5OS. The number of aromatic nitrogens is 2. The molecule has 29 heavy (non-hydrogen) atoms. The summed E-state index contributed by atoms with van der Waals surface area (Å²) in [6, 6.07) is 12.7. The van der Waals surface area contributed by atoms with Crippen LogP contribution < -0.4 is 10.2 Å². The predicted octanol–water partition coefficient (Wildman–Crippen LogP) is 3.12. The number of anilines is 2. The Bertz CT molecular complexity index is 946. The molecule has 150 valence electrons. The van der Waals surface area contributed by atoms with Crippen molar-refractivity contribution in [2.24, 2.45) is 0 Å². The number of hydrogen-bond donors (Lipinski definition) is 2. The molecule has 0 bridgehead atoms. The number of nitriles is 1. The third kappa shape index (κ3) is 3.34. The first-order chi connectivity index (χ1) is 14.2. The van der Waals surface area contributed by atoms with Crippen molar-refractivity contribution in [1.82, 2.24) is 9.97 Å². The van der Waals surface area contributed by atoms with Crippen molar-refractivity contribution in [3.8, 4) is 6.07 Å². The quantitative estimate of drug-likeness (QED) is 0.788. The van der Waals surface area contributed by atoms with Crippen LogP contribution in [0.25, 0.3) is 0 Å². The lowest BCUT2D eigenvalue weighted by Crippen LogP contribution is -2.42. The average molecular weight is 408 g/mol. The van der Waals surface area contributed by atoms with Crippen molar-refractivity contribution in [1.29, 1.82) is 5.26 Å². The zero-order valence-electron chi connectivity index (χ0n) is 16.4. The molecule has 0 radical (unpaired) electrons. The zero-order valence-corrected chi connectivity index (χ0v) is 17.2. The smallest absolute Gasteiger partial charge is 0.227 e. The van der Waals surface area contributed by atoms with Gasteiger partial charge in [-0.15, -0.1) is 11.8 Å². The highest BCUT2D eigenvalue weighted by Crippen LogP contribution is 2.44. The molecule has 0 atom stereocenters. The van der Waals surface area contributed by atoms with Crippen LogP contribution in [-0.4, -0.2) is 46.1 Å². The number of fused-ring (bicyclic) bond motifs is 1. The molecule has 5 rings (SSSR count). The first-order valence-corrected chi connectivity index (χ1v) is 11.3. The van der Waals surface area contributed by atoms with Crippen LogP contribution in [0.1, 0.15) is 36.9 Å². The Labute approximate surface area is 175 Å². The van der Waals surface area contributed by atoms with E-state index in [0.29, 0.717) is 0 Å². The normalized spacial score (nSPS) is 21.3.